The van der Waals surface area contributed by atoms with Crippen LogP contribution in [0.15, 0.2) is 18.2 Å². The van der Waals surface area contributed by atoms with Gasteiger partial charge in [0.05, 0.1) is 0 Å². The monoisotopic (exact) mass is 236 g/mol. The molecule has 0 aliphatic carbocycles. The van der Waals surface area contributed by atoms with Gasteiger partial charge in [0.15, 0.2) is 0 Å². The minimum atomic E-state index is 0.845. The van der Waals surface area contributed by atoms with Crippen LogP contribution in [0.25, 0.3) is 0 Å². The molecule has 88 valence electrons. The summed E-state index contributed by atoms with van der Waals surface area (Å²) in [6.45, 7) is 3.21. The molecule has 16 heavy (non-hydrogen) atoms. The number of anilines is 2. The maximum Gasteiger partial charge on any atom is 0.0371 e. The van der Waals surface area contributed by atoms with E-state index in [1.54, 1.807) is 0 Å². The highest BCUT2D eigenvalue weighted by atomic mass is 32.2. The number of thioether (sulfide) groups is 1. The molecule has 1 aromatic carbocycles. The van der Waals surface area contributed by atoms with E-state index in [4.69, 9.17) is 5.73 Å². The Hall–Kier alpha value is -0.830. The van der Waals surface area contributed by atoms with E-state index in [0.29, 0.717) is 0 Å². The molecule has 2 nitrogen and oxygen atoms in total. The molecule has 1 saturated heterocycles. The van der Waals surface area contributed by atoms with Crippen molar-refractivity contribution in [2.24, 2.45) is 5.92 Å². The van der Waals surface area contributed by atoms with Crippen LogP contribution in [0.1, 0.15) is 18.4 Å². The Balaban J connectivity index is 1.88. The smallest absolute Gasteiger partial charge is 0.0371 e. The first-order valence-corrected chi connectivity index (χ1v) is 7.09. The summed E-state index contributed by atoms with van der Waals surface area (Å²) >= 11 is 2.08. The molecule has 0 bridgehead atoms. The van der Waals surface area contributed by atoms with Gasteiger partial charge in [0.1, 0.15) is 0 Å². The van der Waals surface area contributed by atoms with Crippen LogP contribution in [0.2, 0.25) is 0 Å². The lowest BCUT2D eigenvalue weighted by Crippen LogP contribution is -2.19. The number of hydrogen-bond acceptors (Lipinski definition) is 3. The summed E-state index contributed by atoms with van der Waals surface area (Å²) in [7, 11) is 0. The normalized spacial score (nSPS) is 17.3. The molecule has 1 heterocycles. The van der Waals surface area contributed by atoms with Gasteiger partial charge in [-0.2, -0.15) is 11.8 Å². The van der Waals surface area contributed by atoms with Crippen molar-refractivity contribution in [3.63, 3.8) is 0 Å². The molecule has 0 saturated carbocycles. The van der Waals surface area contributed by atoms with E-state index in [9.17, 15) is 0 Å². The first kappa shape index (κ1) is 11.6. The maximum absolute atomic E-state index is 5.74. The van der Waals surface area contributed by atoms with Crippen molar-refractivity contribution in [3.05, 3.63) is 23.8 Å². The highest BCUT2D eigenvalue weighted by Crippen LogP contribution is 2.24. The summed E-state index contributed by atoms with van der Waals surface area (Å²) in [5, 5.41) is 3.55. The number of hydrogen-bond donors (Lipinski definition) is 2. The predicted molar refractivity (Wildman–Crippen MR) is 74.1 cm³/mol. The van der Waals surface area contributed by atoms with Crippen LogP contribution in [0.3, 0.4) is 0 Å². The van der Waals surface area contributed by atoms with Crippen LogP contribution in [0, 0.1) is 12.8 Å². The highest BCUT2D eigenvalue weighted by molar-refractivity contribution is 7.99. The first-order valence-electron chi connectivity index (χ1n) is 5.93. The fourth-order valence-corrected chi connectivity index (χ4v) is 3.29. The van der Waals surface area contributed by atoms with Crippen molar-refractivity contribution in [2.45, 2.75) is 19.8 Å². The fraction of sp³-hybridized carbons (Fsp3) is 0.538. The summed E-state index contributed by atoms with van der Waals surface area (Å²) in [6, 6.07) is 6.08. The van der Waals surface area contributed by atoms with Gasteiger partial charge in [0, 0.05) is 17.9 Å². The van der Waals surface area contributed by atoms with Gasteiger partial charge in [-0.05, 0) is 61.0 Å². The lowest BCUT2D eigenvalue weighted by atomic mass is 10.0. The molecule has 1 aliphatic heterocycles. The van der Waals surface area contributed by atoms with Gasteiger partial charge in [0.25, 0.3) is 0 Å². The molecule has 1 aromatic rings. The van der Waals surface area contributed by atoms with Gasteiger partial charge < -0.3 is 11.1 Å². The molecule has 0 spiro atoms. The molecule has 3 heteroatoms. The third-order valence-corrected chi connectivity index (χ3v) is 4.22. The minimum Gasteiger partial charge on any atom is -0.399 e. The van der Waals surface area contributed by atoms with Crippen LogP contribution in [0.5, 0.6) is 0 Å². The Morgan fingerprint density at radius 2 is 2.12 bits per heavy atom. The molecule has 3 N–H and O–H groups in total. The Morgan fingerprint density at radius 1 is 1.38 bits per heavy atom. The van der Waals surface area contributed by atoms with Gasteiger partial charge in [0.2, 0.25) is 0 Å². The molecular weight excluding hydrogens is 216 g/mol. The predicted octanol–water partition coefficient (Wildman–Crippen LogP) is 3.13. The first-order chi connectivity index (χ1) is 7.75. The van der Waals surface area contributed by atoms with Crippen molar-refractivity contribution in [2.75, 3.05) is 29.1 Å². The quantitative estimate of drug-likeness (QED) is 0.792. The van der Waals surface area contributed by atoms with E-state index >= 15 is 0 Å². The highest BCUT2D eigenvalue weighted by Gasteiger charge is 2.13. The lowest BCUT2D eigenvalue weighted by Gasteiger charge is -2.22. The zero-order valence-corrected chi connectivity index (χ0v) is 10.6. The topological polar surface area (TPSA) is 38.0 Å². The van der Waals surface area contributed by atoms with E-state index < -0.39 is 0 Å². The van der Waals surface area contributed by atoms with Crippen LogP contribution >= 0.6 is 11.8 Å². The molecule has 0 radical (unpaired) electrons. The van der Waals surface area contributed by atoms with Gasteiger partial charge in [-0.15, -0.1) is 0 Å². The molecule has 0 atom stereocenters. The average molecular weight is 236 g/mol. The Kier molecular flexibility index (Phi) is 3.99. The average Bonchev–Trinajstić information content (AvgIpc) is 2.29. The zero-order chi connectivity index (χ0) is 11.4. The Labute approximate surface area is 102 Å². The maximum atomic E-state index is 5.74. The summed E-state index contributed by atoms with van der Waals surface area (Å²) in [6.07, 6.45) is 2.71. The number of rotatable bonds is 3. The van der Waals surface area contributed by atoms with Crippen molar-refractivity contribution >= 4 is 23.1 Å². The molecule has 1 fully saturated rings. The second kappa shape index (κ2) is 5.48. The molecular formula is C13H20N2S. The number of aryl methyl sites for hydroxylation is 1. The van der Waals surface area contributed by atoms with Gasteiger partial charge in [-0.3, -0.25) is 0 Å². The zero-order valence-electron chi connectivity index (χ0n) is 9.83. The second-order valence-electron chi connectivity index (χ2n) is 4.51. The van der Waals surface area contributed by atoms with E-state index in [1.165, 1.54) is 35.6 Å². The van der Waals surface area contributed by atoms with Crippen molar-refractivity contribution in [1.29, 1.82) is 0 Å². The molecule has 0 amide bonds. The third-order valence-electron chi connectivity index (χ3n) is 3.17. The van der Waals surface area contributed by atoms with Crippen molar-refractivity contribution < 1.29 is 0 Å². The fourth-order valence-electron chi connectivity index (χ4n) is 2.09. The minimum absolute atomic E-state index is 0.845. The number of nitrogens with one attached hydrogen (secondary N) is 1. The summed E-state index contributed by atoms with van der Waals surface area (Å²) in [5.41, 5.74) is 9.05. The lowest BCUT2D eigenvalue weighted by molar-refractivity contribution is 0.516. The summed E-state index contributed by atoms with van der Waals surface area (Å²) in [4.78, 5) is 0. The van der Waals surface area contributed by atoms with Crippen LogP contribution in [-0.4, -0.2) is 18.1 Å². The largest absolute Gasteiger partial charge is 0.399 e. The SMILES string of the molecule is Cc1cc(N)ccc1NCC1CCSCC1. The Bertz CT molecular complexity index is 346. The Morgan fingerprint density at radius 3 is 2.81 bits per heavy atom. The van der Waals surface area contributed by atoms with E-state index in [1.807, 2.05) is 12.1 Å². The molecule has 1 aliphatic rings. The van der Waals surface area contributed by atoms with E-state index in [-0.39, 0.29) is 0 Å². The van der Waals surface area contributed by atoms with Crippen LogP contribution in [0.4, 0.5) is 11.4 Å². The van der Waals surface area contributed by atoms with Crippen molar-refractivity contribution in [1.82, 2.24) is 0 Å². The number of nitrogens with two attached hydrogens (primary N) is 1. The van der Waals surface area contributed by atoms with Crippen LogP contribution in [-0.2, 0) is 0 Å². The molecule has 0 aromatic heterocycles. The second-order valence-corrected chi connectivity index (χ2v) is 5.74. The van der Waals surface area contributed by atoms with Crippen molar-refractivity contribution in [3.8, 4) is 0 Å². The van der Waals surface area contributed by atoms with E-state index in [2.05, 4.69) is 30.1 Å². The molecule has 2 rings (SSSR count). The van der Waals surface area contributed by atoms with Gasteiger partial charge in [-0.1, -0.05) is 0 Å². The summed E-state index contributed by atoms with van der Waals surface area (Å²) < 4.78 is 0. The molecule has 0 unspecified atom stereocenters. The van der Waals surface area contributed by atoms with E-state index in [0.717, 1.165) is 18.2 Å². The number of benzene rings is 1. The number of nitrogen functional groups attached to an aromatic ring is 1. The van der Waals surface area contributed by atoms with Crippen LogP contribution < -0.4 is 11.1 Å². The third kappa shape index (κ3) is 3.08. The van der Waals surface area contributed by atoms with Gasteiger partial charge >= 0.3 is 0 Å². The van der Waals surface area contributed by atoms with Gasteiger partial charge in [-0.25, -0.2) is 0 Å². The standard InChI is InChI=1S/C13H20N2S/c1-10-8-12(14)2-3-13(10)15-9-11-4-6-16-7-5-11/h2-3,8,11,15H,4-7,9,14H2,1H3. The summed E-state index contributed by atoms with van der Waals surface area (Å²) in [5.74, 6) is 3.50.